The lowest BCUT2D eigenvalue weighted by atomic mass is 9.95. The summed E-state index contributed by atoms with van der Waals surface area (Å²) in [5.74, 6) is 2.48. The highest BCUT2D eigenvalue weighted by atomic mass is 16.5. The van der Waals surface area contributed by atoms with E-state index in [-0.39, 0.29) is 0 Å². The minimum absolute atomic E-state index is 0.788. The van der Waals surface area contributed by atoms with Crippen LogP contribution in [0.3, 0.4) is 0 Å². The maximum atomic E-state index is 5.40. The zero-order valence-electron chi connectivity index (χ0n) is 7.57. The Morgan fingerprint density at radius 1 is 1.42 bits per heavy atom. The van der Waals surface area contributed by atoms with Crippen LogP contribution in [0.25, 0.3) is 0 Å². The molecule has 1 fully saturated rings. The van der Waals surface area contributed by atoms with E-state index < -0.39 is 0 Å². The van der Waals surface area contributed by atoms with E-state index >= 15 is 0 Å². The number of fused-ring (bicyclic) bond motifs is 2. The van der Waals surface area contributed by atoms with Crippen LogP contribution in [0.15, 0.2) is 24.5 Å². The van der Waals surface area contributed by atoms with Gasteiger partial charge in [-0.3, -0.25) is 0 Å². The van der Waals surface area contributed by atoms with Gasteiger partial charge >= 0.3 is 0 Å². The summed E-state index contributed by atoms with van der Waals surface area (Å²) in [5.41, 5.74) is 0. The summed E-state index contributed by atoms with van der Waals surface area (Å²) in [5, 5.41) is 0. The molecule has 0 spiro atoms. The van der Waals surface area contributed by atoms with Gasteiger partial charge in [0, 0.05) is 0 Å². The molecule has 1 nitrogen and oxygen atoms in total. The molecule has 2 bridgehead atoms. The van der Waals surface area contributed by atoms with Crippen molar-refractivity contribution in [2.75, 3.05) is 6.61 Å². The second-order valence-electron chi connectivity index (χ2n) is 3.84. The summed E-state index contributed by atoms with van der Waals surface area (Å²) in [4.78, 5) is 0. The van der Waals surface area contributed by atoms with Crippen LogP contribution in [0.5, 0.6) is 0 Å². The maximum Gasteiger partial charge on any atom is 0.0907 e. The summed E-state index contributed by atoms with van der Waals surface area (Å²) in [6, 6.07) is 0. The van der Waals surface area contributed by atoms with Gasteiger partial charge in [0.1, 0.15) is 0 Å². The fourth-order valence-electron chi connectivity index (χ4n) is 2.36. The lowest BCUT2D eigenvalue weighted by Gasteiger charge is -2.16. The summed E-state index contributed by atoms with van der Waals surface area (Å²) in [6.45, 7) is 2.90. The average Bonchev–Trinajstić information content (AvgIpc) is 2.65. The Hall–Kier alpha value is -0.720. The first-order valence-corrected chi connectivity index (χ1v) is 4.81. The molecule has 0 aromatic heterocycles. The van der Waals surface area contributed by atoms with Crippen LogP contribution in [0.2, 0.25) is 0 Å². The van der Waals surface area contributed by atoms with Crippen LogP contribution in [0.1, 0.15) is 19.8 Å². The Balaban J connectivity index is 1.80. The molecule has 1 saturated carbocycles. The zero-order chi connectivity index (χ0) is 8.39. The fraction of sp³-hybridized carbons (Fsp3) is 0.636. The Morgan fingerprint density at radius 3 is 2.92 bits per heavy atom. The van der Waals surface area contributed by atoms with Gasteiger partial charge in [-0.2, -0.15) is 0 Å². The van der Waals surface area contributed by atoms with Crippen molar-refractivity contribution in [3.8, 4) is 0 Å². The topological polar surface area (TPSA) is 9.23 Å². The smallest absolute Gasteiger partial charge is 0.0907 e. The molecule has 1 unspecified atom stereocenters. The quantitative estimate of drug-likeness (QED) is 0.460. The third kappa shape index (κ3) is 1.40. The van der Waals surface area contributed by atoms with E-state index in [1.807, 2.05) is 13.0 Å². The normalized spacial score (nSPS) is 38.2. The minimum atomic E-state index is 0.788. The van der Waals surface area contributed by atoms with Crippen molar-refractivity contribution in [3.63, 3.8) is 0 Å². The predicted octanol–water partition coefficient (Wildman–Crippen LogP) is 2.75. The van der Waals surface area contributed by atoms with Crippen molar-refractivity contribution >= 4 is 0 Å². The molecular formula is C11H16O. The average molecular weight is 164 g/mol. The van der Waals surface area contributed by atoms with Crippen LogP contribution in [0.4, 0.5) is 0 Å². The highest BCUT2D eigenvalue weighted by molar-refractivity contribution is 5.10. The first-order valence-electron chi connectivity index (χ1n) is 4.81. The second-order valence-corrected chi connectivity index (χ2v) is 3.84. The molecule has 2 rings (SSSR count). The van der Waals surface area contributed by atoms with Gasteiger partial charge in [0.05, 0.1) is 12.9 Å². The van der Waals surface area contributed by atoms with Crippen molar-refractivity contribution < 1.29 is 4.74 Å². The van der Waals surface area contributed by atoms with Crippen molar-refractivity contribution in [1.29, 1.82) is 0 Å². The molecule has 0 amide bonds. The van der Waals surface area contributed by atoms with Crippen molar-refractivity contribution in [2.24, 2.45) is 17.8 Å². The summed E-state index contributed by atoms with van der Waals surface area (Å²) < 4.78 is 5.40. The van der Waals surface area contributed by atoms with Gasteiger partial charge in [0.15, 0.2) is 0 Å². The van der Waals surface area contributed by atoms with Crippen LogP contribution in [0, 0.1) is 17.8 Å². The van der Waals surface area contributed by atoms with E-state index in [2.05, 4.69) is 12.2 Å². The molecule has 1 heteroatoms. The van der Waals surface area contributed by atoms with Gasteiger partial charge in [-0.15, -0.1) is 0 Å². The van der Waals surface area contributed by atoms with Crippen LogP contribution < -0.4 is 0 Å². The van der Waals surface area contributed by atoms with Gasteiger partial charge in [-0.05, 0) is 37.5 Å². The summed E-state index contributed by atoms with van der Waals surface area (Å²) in [7, 11) is 0. The SMILES string of the molecule is C/C=C/OCC1C[C@@H]2C=C[C@H]1C2. The second kappa shape index (κ2) is 3.34. The van der Waals surface area contributed by atoms with Crippen molar-refractivity contribution in [2.45, 2.75) is 19.8 Å². The maximum absolute atomic E-state index is 5.40. The molecule has 12 heavy (non-hydrogen) atoms. The summed E-state index contributed by atoms with van der Waals surface area (Å²) >= 11 is 0. The number of rotatable bonds is 3. The number of hydrogen-bond donors (Lipinski definition) is 0. The first kappa shape index (κ1) is 7.90. The molecule has 0 aromatic rings. The van der Waals surface area contributed by atoms with E-state index in [0.717, 1.165) is 24.4 Å². The van der Waals surface area contributed by atoms with Crippen molar-refractivity contribution in [1.82, 2.24) is 0 Å². The molecule has 0 saturated heterocycles. The van der Waals surface area contributed by atoms with Crippen molar-refractivity contribution in [3.05, 3.63) is 24.5 Å². The van der Waals surface area contributed by atoms with Crippen LogP contribution >= 0.6 is 0 Å². The van der Waals surface area contributed by atoms with Crippen LogP contribution in [-0.2, 0) is 4.74 Å². The fourth-order valence-corrected chi connectivity index (χ4v) is 2.36. The Morgan fingerprint density at radius 2 is 2.33 bits per heavy atom. The largest absolute Gasteiger partial charge is 0.501 e. The van der Waals surface area contributed by atoms with Gasteiger partial charge in [-0.1, -0.05) is 18.2 Å². The lowest BCUT2D eigenvalue weighted by molar-refractivity contribution is 0.178. The molecular weight excluding hydrogens is 148 g/mol. The highest BCUT2D eigenvalue weighted by Gasteiger charge is 2.35. The molecule has 66 valence electrons. The Bertz CT molecular complexity index is 205. The molecule has 3 atom stereocenters. The molecule has 0 aromatic carbocycles. The predicted molar refractivity (Wildman–Crippen MR) is 49.6 cm³/mol. The van der Waals surface area contributed by atoms with Gasteiger partial charge in [0.2, 0.25) is 0 Å². The third-order valence-corrected chi connectivity index (χ3v) is 2.96. The van der Waals surface area contributed by atoms with Gasteiger partial charge in [0.25, 0.3) is 0 Å². The lowest BCUT2D eigenvalue weighted by Crippen LogP contribution is -2.12. The third-order valence-electron chi connectivity index (χ3n) is 2.96. The monoisotopic (exact) mass is 164 g/mol. The van der Waals surface area contributed by atoms with Gasteiger partial charge < -0.3 is 4.74 Å². The number of ether oxygens (including phenoxy) is 1. The van der Waals surface area contributed by atoms with E-state index in [4.69, 9.17) is 4.74 Å². The summed E-state index contributed by atoms with van der Waals surface area (Å²) in [6.07, 6.45) is 11.2. The molecule has 0 N–H and O–H groups in total. The van der Waals surface area contributed by atoms with E-state index in [1.165, 1.54) is 12.8 Å². The molecule has 2 aliphatic rings. The van der Waals surface area contributed by atoms with Crippen LogP contribution in [-0.4, -0.2) is 6.61 Å². The number of hydrogen-bond acceptors (Lipinski definition) is 1. The zero-order valence-corrected chi connectivity index (χ0v) is 7.57. The van der Waals surface area contributed by atoms with E-state index in [0.29, 0.717) is 0 Å². The number of allylic oxidation sites excluding steroid dienone is 3. The van der Waals surface area contributed by atoms with Gasteiger partial charge in [-0.25, -0.2) is 0 Å². The van der Waals surface area contributed by atoms with E-state index in [9.17, 15) is 0 Å². The van der Waals surface area contributed by atoms with E-state index in [1.54, 1.807) is 6.26 Å². The highest BCUT2D eigenvalue weighted by Crippen LogP contribution is 2.43. The Labute approximate surface area is 74.1 Å². The molecule has 0 aliphatic heterocycles. The Kier molecular flexibility index (Phi) is 2.20. The molecule has 0 radical (unpaired) electrons. The minimum Gasteiger partial charge on any atom is -0.501 e. The molecule has 0 heterocycles. The molecule has 2 aliphatic carbocycles. The first-order chi connectivity index (χ1) is 5.90. The standard InChI is InChI=1S/C11H16O/c1-2-5-12-8-11-7-9-3-4-10(11)6-9/h2-5,9-11H,6-8H2,1H3/b5-2+/t9-,10+,11?/m1/s1.